The van der Waals surface area contributed by atoms with E-state index in [1.54, 1.807) is 31.6 Å². The number of ether oxygens (including phenoxy) is 1. The first-order chi connectivity index (χ1) is 9.31. The molecule has 0 aliphatic heterocycles. The van der Waals surface area contributed by atoms with Gasteiger partial charge in [-0.15, -0.1) is 0 Å². The molecule has 0 aliphatic carbocycles. The average molecular weight is 250 g/mol. The third-order valence-corrected chi connectivity index (χ3v) is 2.87. The minimum Gasteiger partial charge on any atom is -0.494 e. The zero-order valence-electron chi connectivity index (χ0n) is 10.2. The predicted octanol–water partition coefficient (Wildman–Crippen LogP) is 2.51. The van der Waals surface area contributed by atoms with Crippen LogP contribution in [0.4, 0.5) is 0 Å². The molecular weight excluding hydrogens is 240 g/mol. The molecule has 0 bridgehead atoms. The first kappa shape index (κ1) is 11.2. The summed E-state index contributed by atoms with van der Waals surface area (Å²) in [5.41, 5.74) is 3.08. The van der Waals surface area contributed by atoms with E-state index in [9.17, 15) is 0 Å². The fourth-order valence-corrected chi connectivity index (χ4v) is 1.94. The van der Waals surface area contributed by atoms with Crippen LogP contribution in [0.5, 0.6) is 5.75 Å². The Balaban J connectivity index is 2.18. The smallest absolute Gasteiger partial charge is 0.148 e. The van der Waals surface area contributed by atoms with Gasteiger partial charge in [0.25, 0.3) is 0 Å². The monoisotopic (exact) mass is 250 g/mol. The Morgan fingerprint density at radius 3 is 3.00 bits per heavy atom. The maximum absolute atomic E-state index is 8.89. The fourth-order valence-electron chi connectivity index (χ4n) is 1.94. The third-order valence-electron chi connectivity index (χ3n) is 2.87. The minimum atomic E-state index is 0.601. The van der Waals surface area contributed by atoms with Crippen LogP contribution in [0, 0.1) is 11.3 Å². The highest BCUT2D eigenvalue weighted by molar-refractivity contribution is 5.81. The van der Waals surface area contributed by atoms with Crippen molar-refractivity contribution in [2.75, 3.05) is 7.11 Å². The van der Waals surface area contributed by atoms with E-state index in [4.69, 9.17) is 10.00 Å². The molecule has 0 unspecified atom stereocenters. The zero-order valence-corrected chi connectivity index (χ0v) is 10.2. The van der Waals surface area contributed by atoms with Gasteiger partial charge < -0.3 is 9.72 Å². The minimum absolute atomic E-state index is 0.601. The summed E-state index contributed by atoms with van der Waals surface area (Å²) < 4.78 is 5.27. The van der Waals surface area contributed by atoms with Crippen LogP contribution in [0.3, 0.4) is 0 Å². The van der Waals surface area contributed by atoms with E-state index in [0.717, 1.165) is 16.6 Å². The summed E-state index contributed by atoms with van der Waals surface area (Å²) in [7, 11) is 1.59. The van der Waals surface area contributed by atoms with Crippen LogP contribution >= 0.6 is 0 Å². The number of nitriles is 1. The molecule has 19 heavy (non-hydrogen) atoms. The molecule has 0 spiro atoms. The van der Waals surface area contributed by atoms with Crippen LogP contribution in [0.15, 0.2) is 36.7 Å². The third kappa shape index (κ3) is 1.89. The molecule has 2 aromatic heterocycles. The number of hydrogen-bond donors (Lipinski definition) is 1. The van der Waals surface area contributed by atoms with Crippen molar-refractivity contribution in [1.29, 1.82) is 5.26 Å². The van der Waals surface area contributed by atoms with Crippen molar-refractivity contribution < 1.29 is 4.74 Å². The van der Waals surface area contributed by atoms with Gasteiger partial charge in [-0.2, -0.15) is 5.26 Å². The van der Waals surface area contributed by atoms with E-state index < -0.39 is 0 Å². The van der Waals surface area contributed by atoms with Crippen molar-refractivity contribution in [1.82, 2.24) is 15.0 Å². The van der Waals surface area contributed by atoms with Crippen LogP contribution < -0.4 is 4.74 Å². The molecule has 0 saturated carbocycles. The molecule has 0 aliphatic rings. The van der Waals surface area contributed by atoms with Gasteiger partial charge in [0.15, 0.2) is 0 Å². The lowest BCUT2D eigenvalue weighted by Gasteiger charge is -2.03. The van der Waals surface area contributed by atoms with Gasteiger partial charge in [0, 0.05) is 6.20 Å². The number of rotatable bonds is 2. The molecule has 0 atom stereocenters. The Morgan fingerprint density at radius 1 is 1.32 bits per heavy atom. The molecule has 0 amide bonds. The molecule has 0 radical (unpaired) electrons. The number of imidazole rings is 1. The lowest BCUT2D eigenvalue weighted by molar-refractivity contribution is 0.414. The summed E-state index contributed by atoms with van der Waals surface area (Å²) in [6, 6.07) is 9.29. The van der Waals surface area contributed by atoms with Crippen LogP contribution in [-0.4, -0.2) is 22.1 Å². The fraction of sp³-hybridized carbons (Fsp3) is 0.0714. The van der Waals surface area contributed by atoms with Gasteiger partial charge in [-0.25, -0.2) is 4.98 Å². The summed E-state index contributed by atoms with van der Waals surface area (Å²) in [4.78, 5) is 11.7. The number of aromatic amines is 1. The van der Waals surface area contributed by atoms with Gasteiger partial charge in [0.05, 0.1) is 41.5 Å². The zero-order chi connectivity index (χ0) is 13.2. The van der Waals surface area contributed by atoms with Crippen molar-refractivity contribution in [3.05, 3.63) is 42.2 Å². The molecule has 5 nitrogen and oxygen atoms in total. The lowest BCUT2D eigenvalue weighted by atomic mass is 10.2. The SMILES string of the molecule is COc1cnccc1-c1nc2ccc(C#N)cc2[nH]1. The molecule has 3 aromatic rings. The number of nitrogens with zero attached hydrogens (tertiary/aromatic N) is 3. The standard InChI is InChI=1S/C14H10N4O/c1-19-13-8-16-5-4-10(13)14-17-11-3-2-9(7-15)6-12(11)18-14/h2-6,8H,1H3,(H,17,18). The largest absolute Gasteiger partial charge is 0.494 e. The highest BCUT2D eigenvalue weighted by Gasteiger charge is 2.10. The number of fused-ring (bicyclic) bond motifs is 1. The Morgan fingerprint density at radius 2 is 2.21 bits per heavy atom. The molecule has 5 heteroatoms. The van der Waals surface area contributed by atoms with Gasteiger partial charge >= 0.3 is 0 Å². The van der Waals surface area contributed by atoms with Crippen LogP contribution in [0.2, 0.25) is 0 Å². The van der Waals surface area contributed by atoms with Gasteiger partial charge in [0.2, 0.25) is 0 Å². The number of nitrogens with one attached hydrogen (secondary N) is 1. The number of pyridine rings is 1. The Hall–Kier alpha value is -2.87. The number of H-pyrrole nitrogens is 1. The van der Waals surface area contributed by atoms with Gasteiger partial charge in [-0.05, 0) is 24.3 Å². The Labute approximate surface area is 109 Å². The molecular formula is C14H10N4O. The molecule has 3 rings (SSSR count). The Kier molecular flexibility index (Phi) is 2.62. The predicted molar refractivity (Wildman–Crippen MR) is 70.6 cm³/mol. The second-order valence-corrected chi connectivity index (χ2v) is 4.01. The summed E-state index contributed by atoms with van der Waals surface area (Å²) in [6.45, 7) is 0. The van der Waals surface area contributed by atoms with Gasteiger partial charge in [-0.3, -0.25) is 4.98 Å². The second-order valence-electron chi connectivity index (χ2n) is 4.01. The summed E-state index contributed by atoms with van der Waals surface area (Å²) >= 11 is 0. The maximum atomic E-state index is 8.89. The first-order valence-corrected chi connectivity index (χ1v) is 5.70. The molecule has 92 valence electrons. The average Bonchev–Trinajstić information content (AvgIpc) is 2.89. The number of benzene rings is 1. The number of hydrogen-bond acceptors (Lipinski definition) is 4. The molecule has 0 fully saturated rings. The summed E-state index contributed by atoms with van der Waals surface area (Å²) in [5.74, 6) is 1.35. The van der Waals surface area contributed by atoms with Crippen molar-refractivity contribution in [2.45, 2.75) is 0 Å². The van der Waals surface area contributed by atoms with Crippen molar-refractivity contribution in [3.8, 4) is 23.2 Å². The van der Waals surface area contributed by atoms with E-state index in [0.29, 0.717) is 17.1 Å². The first-order valence-electron chi connectivity index (χ1n) is 5.70. The molecule has 2 heterocycles. The van der Waals surface area contributed by atoms with E-state index in [1.807, 2.05) is 12.1 Å². The Bertz CT molecular complexity index is 785. The molecule has 0 saturated heterocycles. The molecule has 1 aromatic carbocycles. The quantitative estimate of drug-likeness (QED) is 0.758. The van der Waals surface area contributed by atoms with E-state index in [-0.39, 0.29) is 0 Å². The van der Waals surface area contributed by atoms with Crippen LogP contribution in [0.25, 0.3) is 22.4 Å². The van der Waals surface area contributed by atoms with Crippen molar-refractivity contribution >= 4 is 11.0 Å². The van der Waals surface area contributed by atoms with Crippen molar-refractivity contribution in [2.24, 2.45) is 0 Å². The number of aromatic nitrogens is 3. The topological polar surface area (TPSA) is 74.6 Å². The highest BCUT2D eigenvalue weighted by Crippen LogP contribution is 2.28. The second kappa shape index (κ2) is 4.42. The van der Waals surface area contributed by atoms with E-state index in [2.05, 4.69) is 21.0 Å². The van der Waals surface area contributed by atoms with Gasteiger partial charge in [-0.1, -0.05) is 0 Å². The van der Waals surface area contributed by atoms with Crippen molar-refractivity contribution in [3.63, 3.8) is 0 Å². The maximum Gasteiger partial charge on any atom is 0.148 e. The number of methoxy groups -OCH3 is 1. The molecule has 1 N–H and O–H groups in total. The van der Waals surface area contributed by atoms with Gasteiger partial charge in [0.1, 0.15) is 11.6 Å². The lowest BCUT2D eigenvalue weighted by Crippen LogP contribution is -1.89. The van der Waals surface area contributed by atoms with Crippen LogP contribution in [-0.2, 0) is 0 Å². The highest BCUT2D eigenvalue weighted by atomic mass is 16.5. The summed E-state index contributed by atoms with van der Waals surface area (Å²) in [6.07, 6.45) is 3.33. The van der Waals surface area contributed by atoms with E-state index in [1.165, 1.54) is 0 Å². The van der Waals surface area contributed by atoms with Crippen LogP contribution in [0.1, 0.15) is 5.56 Å². The normalized spacial score (nSPS) is 10.3. The van der Waals surface area contributed by atoms with E-state index >= 15 is 0 Å². The summed E-state index contributed by atoms with van der Waals surface area (Å²) in [5, 5.41) is 8.89.